The Bertz CT molecular complexity index is 931. The summed E-state index contributed by atoms with van der Waals surface area (Å²) in [6, 6.07) is 9.11. The van der Waals surface area contributed by atoms with E-state index in [9.17, 15) is 14.0 Å². The summed E-state index contributed by atoms with van der Waals surface area (Å²) in [7, 11) is 0. The highest BCUT2D eigenvalue weighted by atomic mass is 19.1. The van der Waals surface area contributed by atoms with Gasteiger partial charge < -0.3 is 9.80 Å². The number of aryl methyl sites for hydroxylation is 1. The van der Waals surface area contributed by atoms with Crippen LogP contribution < -0.4 is 4.90 Å². The summed E-state index contributed by atoms with van der Waals surface area (Å²) in [5.41, 5.74) is 1.52. The highest BCUT2D eigenvalue weighted by Gasteiger charge is 2.23. The van der Waals surface area contributed by atoms with Crippen molar-refractivity contribution in [1.29, 1.82) is 5.26 Å². The van der Waals surface area contributed by atoms with E-state index < -0.39 is 0 Å². The van der Waals surface area contributed by atoms with Crippen LogP contribution in [0.15, 0.2) is 30.3 Å². The molecule has 0 radical (unpaired) electrons. The molecular formula is C21H22FN5O2. The maximum atomic E-state index is 12.9. The molecule has 0 bridgehead atoms. The number of Topliss-reactive ketones (excluding diaryl/α,β-unsaturated/α-hetero) is 1. The average Bonchev–Trinajstić information content (AvgIpc) is 2.73. The first-order valence-corrected chi connectivity index (χ1v) is 9.53. The van der Waals surface area contributed by atoms with Crippen LogP contribution in [0.3, 0.4) is 0 Å². The van der Waals surface area contributed by atoms with Crippen molar-refractivity contribution in [1.82, 2.24) is 14.9 Å². The number of carbonyl (C=O) groups is 2. The van der Waals surface area contributed by atoms with Gasteiger partial charge >= 0.3 is 0 Å². The fourth-order valence-corrected chi connectivity index (χ4v) is 3.25. The van der Waals surface area contributed by atoms with E-state index in [4.69, 9.17) is 5.26 Å². The normalized spacial score (nSPS) is 13.8. The Morgan fingerprint density at radius 1 is 1.10 bits per heavy atom. The van der Waals surface area contributed by atoms with E-state index in [0.717, 1.165) is 5.69 Å². The zero-order valence-electron chi connectivity index (χ0n) is 16.3. The topological polar surface area (TPSA) is 90.2 Å². The summed E-state index contributed by atoms with van der Waals surface area (Å²) < 4.78 is 12.9. The molecule has 1 aliphatic heterocycles. The number of anilines is 1. The SMILES string of the molecule is Cc1cc(C#N)nc(N2CCN(C(=O)CCCC(=O)c3ccc(F)cc3)CC2)n1. The third kappa shape index (κ3) is 5.35. The van der Waals surface area contributed by atoms with Crippen LogP contribution in [-0.4, -0.2) is 52.7 Å². The number of rotatable bonds is 6. The van der Waals surface area contributed by atoms with E-state index >= 15 is 0 Å². The minimum atomic E-state index is -0.379. The molecule has 1 aromatic heterocycles. The molecule has 8 heteroatoms. The number of hydrogen-bond acceptors (Lipinski definition) is 6. The van der Waals surface area contributed by atoms with E-state index in [1.54, 1.807) is 11.0 Å². The molecule has 150 valence electrons. The summed E-state index contributed by atoms with van der Waals surface area (Å²) in [4.78, 5) is 36.9. The number of ketones is 1. The Hall–Kier alpha value is -3.34. The maximum absolute atomic E-state index is 12.9. The number of benzene rings is 1. The van der Waals surface area contributed by atoms with Gasteiger partial charge in [0.15, 0.2) is 5.78 Å². The Labute approximate surface area is 168 Å². The lowest BCUT2D eigenvalue weighted by Crippen LogP contribution is -2.49. The van der Waals surface area contributed by atoms with Crippen LogP contribution in [0.4, 0.5) is 10.3 Å². The van der Waals surface area contributed by atoms with Crippen molar-refractivity contribution in [2.75, 3.05) is 31.1 Å². The molecule has 0 atom stereocenters. The average molecular weight is 395 g/mol. The van der Waals surface area contributed by atoms with Crippen molar-refractivity contribution in [2.45, 2.75) is 26.2 Å². The lowest BCUT2D eigenvalue weighted by Gasteiger charge is -2.35. The van der Waals surface area contributed by atoms with Gasteiger partial charge in [-0.3, -0.25) is 9.59 Å². The van der Waals surface area contributed by atoms with E-state index in [0.29, 0.717) is 56.2 Å². The number of carbonyl (C=O) groups excluding carboxylic acids is 2. The van der Waals surface area contributed by atoms with Gasteiger partial charge in [-0.15, -0.1) is 0 Å². The van der Waals surface area contributed by atoms with Crippen LogP contribution in [0.2, 0.25) is 0 Å². The number of piperazine rings is 1. The van der Waals surface area contributed by atoms with E-state index in [2.05, 4.69) is 9.97 Å². The van der Waals surface area contributed by atoms with Gasteiger partial charge in [-0.1, -0.05) is 0 Å². The van der Waals surface area contributed by atoms with Crippen LogP contribution in [0, 0.1) is 24.1 Å². The first kappa shape index (κ1) is 20.4. The predicted molar refractivity (Wildman–Crippen MR) is 105 cm³/mol. The number of nitrogens with zero attached hydrogens (tertiary/aromatic N) is 5. The zero-order valence-corrected chi connectivity index (χ0v) is 16.3. The van der Waals surface area contributed by atoms with Crippen LogP contribution in [0.5, 0.6) is 0 Å². The fourth-order valence-electron chi connectivity index (χ4n) is 3.25. The van der Waals surface area contributed by atoms with Crippen molar-refractivity contribution >= 4 is 17.6 Å². The van der Waals surface area contributed by atoms with Crippen LogP contribution in [0.1, 0.15) is 41.0 Å². The zero-order chi connectivity index (χ0) is 20.8. The van der Waals surface area contributed by atoms with Crippen molar-refractivity contribution < 1.29 is 14.0 Å². The van der Waals surface area contributed by atoms with Crippen LogP contribution in [0.25, 0.3) is 0 Å². The Morgan fingerprint density at radius 3 is 2.45 bits per heavy atom. The molecule has 3 rings (SSSR count). The number of amides is 1. The number of nitriles is 1. The van der Waals surface area contributed by atoms with Crippen molar-refractivity contribution in [3.63, 3.8) is 0 Å². The number of aromatic nitrogens is 2. The second-order valence-corrected chi connectivity index (χ2v) is 6.96. The number of hydrogen-bond donors (Lipinski definition) is 0. The minimum Gasteiger partial charge on any atom is -0.339 e. The molecular weight excluding hydrogens is 373 g/mol. The van der Waals surface area contributed by atoms with E-state index in [-0.39, 0.29) is 23.9 Å². The first-order valence-electron chi connectivity index (χ1n) is 9.53. The molecule has 2 heterocycles. The monoisotopic (exact) mass is 395 g/mol. The molecule has 1 fully saturated rings. The Morgan fingerprint density at radius 2 is 1.79 bits per heavy atom. The van der Waals surface area contributed by atoms with Gasteiger partial charge in [0, 0.05) is 50.3 Å². The predicted octanol–water partition coefficient (Wildman–Crippen LogP) is 2.50. The standard InChI is InChI=1S/C21H22FN5O2/c1-15-13-18(14-23)25-21(24-15)27-11-9-26(10-12-27)20(29)4-2-3-19(28)16-5-7-17(22)8-6-16/h5-8,13H,2-4,9-12H2,1H3. The van der Waals surface area contributed by atoms with Crippen LogP contribution in [-0.2, 0) is 4.79 Å². The third-order valence-corrected chi connectivity index (χ3v) is 4.83. The molecule has 7 nitrogen and oxygen atoms in total. The molecule has 0 saturated carbocycles. The smallest absolute Gasteiger partial charge is 0.226 e. The van der Waals surface area contributed by atoms with Crippen molar-refractivity contribution in [3.05, 3.63) is 53.1 Å². The lowest BCUT2D eigenvalue weighted by atomic mass is 10.1. The first-order chi connectivity index (χ1) is 14.0. The van der Waals surface area contributed by atoms with Gasteiger partial charge in [0.1, 0.15) is 17.6 Å². The second kappa shape index (κ2) is 9.24. The molecule has 1 saturated heterocycles. The van der Waals surface area contributed by atoms with Gasteiger partial charge in [-0.25, -0.2) is 14.4 Å². The maximum Gasteiger partial charge on any atom is 0.226 e. The van der Waals surface area contributed by atoms with Crippen molar-refractivity contribution in [2.24, 2.45) is 0 Å². The molecule has 2 aromatic rings. The largest absolute Gasteiger partial charge is 0.339 e. The number of halogens is 1. The lowest BCUT2D eigenvalue weighted by molar-refractivity contribution is -0.131. The molecule has 0 N–H and O–H groups in total. The minimum absolute atomic E-state index is 0.0134. The van der Waals surface area contributed by atoms with Gasteiger partial charge in [0.2, 0.25) is 11.9 Å². The molecule has 0 unspecified atom stereocenters. The molecule has 1 aromatic carbocycles. The van der Waals surface area contributed by atoms with Gasteiger partial charge in [0.25, 0.3) is 0 Å². The molecule has 29 heavy (non-hydrogen) atoms. The highest BCUT2D eigenvalue weighted by Crippen LogP contribution is 2.15. The second-order valence-electron chi connectivity index (χ2n) is 6.96. The van der Waals surface area contributed by atoms with E-state index in [1.807, 2.05) is 17.9 Å². The van der Waals surface area contributed by atoms with Crippen LogP contribution >= 0.6 is 0 Å². The van der Waals surface area contributed by atoms with Crippen molar-refractivity contribution in [3.8, 4) is 6.07 Å². The quantitative estimate of drug-likeness (QED) is 0.698. The summed E-state index contributed by atoms with van der Waals surface area (Å²) in [5, 5.41) is 9.05. The third-order valence-electron chi connectivity index (χ3n) is 4.83. The molecule has 0 aliphatic carbocycles. The van der Waals surface area contributed by atoms with Gasteiger partial charge in [-0.05, 0) is 43.7 Å². The molecule has 0 spiro atoms. The summed E-state index contributed by atoms with van der Waals surface area (Å²) in [6.07, 6.45) is 1.01. The Kier molecular flexibility index (Phi) is 6.50. The van der Waals surface area contributed by atoms with Gasteiger partial charge in [0.05, 0.1) is 0 Å². The highest BCUT2D eigenvalue weighted by molar-refractivity contribution is 5.96. The fraction of sp³-hybridized carbons (Fsp3) is 0.381. The molecule has 1 amide bonds. The Balaban J connectivity index is 1.45. The van der Waals surface area contributed by atoms with Gasteiger partial charge in [-0.2, -0.15) is 5.26 Å². The summed E-state index contributed by atoms with van der Waals surface area (Å²) in [5.74, 6) is 0.0567. The molecule has 1 aliphatic rings. The van der Waals surface area contributed by atoms with E-state index in [1.165, 1.54) is 24.3 Å². The summed E-state index contributed by atoms with van der Waals surface area (Å²) in [6.45, 7) is 4.09. The summed E-state index contributed by atoms with van der Waals surface area (Å²) >= 11 is 0.